The van der Waals surface area contributed by atoms with Crippen molar-refractivity contribution in [1.82, 2.24) is 24.6 Å². The van der Waals surface area contributed by atoms with Crippen molar-refractivity contribution in [2.75, 3.05) is 48.0 Å². The second-order valence-corrected chi connectivity index (χ2v) is 13.5. The molecule has 0 radical (unpaired) electrons. The Kier molecular flexibility index (Phi) is 10.4. The molecular formula is C32H40N8O5S. The van der Waals surface area contributed by atoms with E-state index in [0.29, 0.717) is 55.3 Å². The van der Waals surface area contributed by atoms with Gasteiger partial charge in [0.05, 0.1) is 29.0 Å². The molecule has 0 unspecified atom stereocenters. The first kappa shape index (κ1) is 34.1. The molecule has 14 heteroatoms. The first-order valence-corrected chi connectivity index (χ1v) is 16.5. The summed E-state index contributed by atoms with van der Waals surface area (Å²) in [6.45, 7) is 12.7. The van der Waals surface area contributed by atoms with Gasteiger partial charge in [-0.05, 0) is 50.2 Å². The lowest BCUT2D eigenvalue weighted by Gasteiger charge is -2.35. The Labute approximate surface area is 269 Å². The maximum atomic E-state index is 13.1. The largest absolute Gasteiger partial charge is 0.353 e. The number of hydrogen-bond acceptors (Lipinski definition) is 8. The minimum atomic E-state index is -3.67. The van der Waals surface area contributed by atoms with Crippen LogP contribution in [0, 0.1) is 13.8 Å². The molecule has 244 valence electrons. The smallest absolute Gasteiger partial charge is 0.324 e. The number of nitrogens with one attached hydrogen (secondary N) is 2. The monoisotopic (exact) mass is 648 g/mol. The van der Waals surface area contributed by atoms with Gasteiger partial charge in [0.15, 0.2) is 0 Å². The summed E-state index contributed by atoms with van der Waals surface area (Å²) in [5, 5.41) is 10.7. The van der Waals surface area contributed by atoms with E-state index in [9.17, 15) is 18.0 Å². The molecule has 5 rings (SSSR count). The molecule has 3 amide bonds. The van der Waals surface area contributed by atoms with Crippen LogP contribution < -0.4 is 15.5 Å². The number of carbonyl (C=O) groups excluding carboxylic acids is 2. The molecule has 1 aromatic carbocycles. The minimum Gasteiger partial charge on any atom is -0.353 e. The third kappa shape index (κ3) is 9.34. The van der Waals surface area contributed by atoms with Gasteiger partial charge in [-0.15, -0.1) is 0 Å². The van der Waals surface area contributed by atoms with Crippen molar-refractivity contribution in [3.05, 3.63) is 89.5 Å². The number of amides is 3. The normalized spacial score (nSPS) is 13.5. The summed E-state index contributed by atoms with van der Waals surface area (Å²) in [6.07, 6.45) is 2.35. The second-order valence-electron chi connectivity index (χ2n) is 12.0. The molecule has 4 heterocycles. The van der Waals surface area contributed by atoms with Crippen LogP contribution >= 0.6 is 0 Å². The van der Waals surface area contributed by atoms with E-state index < -0.39 is 10.1 Å². The van der Waals surface area contributed by atoms with Gasteiger partial charge in [0.25, 0.3) is 16.0 Å². The standard InChI is InChI=1S/C31H36N8O2.CH4O3S/c1-21-9-11-23(12-10-21)39-28(20-26(36-39)31(3,4)5)35-30(41)34-24-13-14-27(33-22(24)2)37-16-18-38(19-17-37)29(40)25-8-6-7-15-32-25;1-5(2,3)4/h6-15,20H,16-19H2,1-5H3,(H2,34,35,41);1H3,(H,2,3,4). The van der Waals surface area contributed by atoms with Gasteiger partial charge in [0.2, 0.25) is 0 Å². The number of aromatic nitrogens is 4. The number of nitrogens with zero attached hydrogens (tertiary/aromatic N) is 6. The Hall–Kier alpha value is -4.82. The number of pyridine rings is 2. The summed E-state index contributed by atoms with van der Waals surface area (Å²) in [6, 6.07) is 18.7. The molecule has 1 saturated heterocycles. The summed E-state index contributed by atoms with van der Waals surface area (Å²) < 4.78 is 27.6. The highest BCUT2D eigenvalue weighted by molar-refractivity contribution is 7.85. The van der Waals surface area contributed by atoms with Gasteiger partial charge >= 0.3 is 6.03 Å². The fourth-order valence-corrected chi connectivity index (χ4v) is 4.64. The van der Waals surface area contributed by atoms with Crippen LogP contribution in [0.25, 0.3) is 5.69 Å². The lowest BCUT2D eigenvalue weighted by atomic mass is 9.92. The maximum Gasteiger partial charge on any atom is 0.324 e. The van der Waals surface area contributed by atoms with Crippen molar-refractivity contribution >= 4 is 39.4 Å². The number of rotatable bonds is 5. The van der Waals surface area contributed by atoms with Crippen LogP contribution in [-0.4, -0.2) is 82.0 Å². The van der Waals surface area contributed by atoms with Crippen molar-refractivity contribution in [1.29, 1.82) is 0 Å². The van der Waals surface area contributed by atoms with Crippen molar-refractivity contribution in [2.45, 2.75) is 40.0 Å². The van der Waals surface area contributed by atoms with E-state index in [1.165, 1.54) is 0 Å². The third-order valence-corrected chi connectivity index (χ3v) is 7.09. The van der Waals surface area contributed by atoms with E-state index in [1.54, 1.807) is 23.0 Å². The zero-order valence-electron chi connectivity index (χ0n) is 26.9. The summed E-state index contributed by atoms with van der Waals surface area (Å²) in [4.78, 5) is 38.7. The summed E-state index contributed by atoms with van der Waals surface area (Å²) in [5.41, 5.74) is 4.48. The molecule has 0 atom stereocenters. The number of carbonyl (C=O) groups is 2. The first-order chi connectivity index (χ1) is 21.6. The number of piperazine rings is 1. The number of urea groups is 1. The average Bonchev–Trinajstić information content (AvgIpc) is 3.42. The zero-order valence-corrected chi connectivity index (χ0v) is 27.7. The lowest BCUT2D eigenvalue weighted by Crippen LogP contribution is -2.49. The molecule has 1 fully saturated rings. The Morgan fingerprint density at radius 1 is 0.913 bits per heavy atom. The van der Waals surface area contributed by atoms with Crippen LogP contribution in [0.4, 0.5) is 22.1 Å². The third-order valence-electron chi connectivity index (χ3n) is 7.09. The highest BCUT2D eigenvalue weighted by Gasteiger charge is 2.24. The summed E-state index contributed by atoms with van der Waals surface area (Å²) >= 11 is 0. The van der Waals surface area contributed by atoms with Gasteiger partial charge < -0.3 is 15.1 Å². The minimum absolute atomic E-state index is 0.0571. The highest BCUT2D eigenvalue weighted by Crippen LogP contribution is 2.27. The van der Waals surface area contributed by atoms with Crippen molar-refractivity contribution in [3.63, 3.8) is 0 Å². The number of aryl methyl sites for hydroxylation is 2. The molecule has 1 aliphatic rings. The molecule has 0 spiro atoms. The summed E-state index contributed by atoms with van der Waals surface area (Å²) in [7, 11) is -3.67. The molecule has 4 aromatic rings. The Bertz CT molecular complexity index is 1770. The van der Waals surface area contributed by atoms with Gasteiger partial charge in [-0.2, -0.15) is 13.5 Å². The lowest BCUT2D eigenvalue weighted by molar-refractivity contribution is 0.0740. The van der Waals surface area contributed by atoms with Crippen LogP contribution in [0.1, 0.15) is 48.2 Å². The molecule has 13 nitrogen and oxygen atoms in total. The van der Waals surface area contributed by atoms with E-state index in [2.05, 4.69) is 41.3 Å². The predicted molar refractivity (Wildman–Crippen MR) is 178 cm³/mol. The van der Waals surface area contributed by atoms with E-state index in [4.69, 9.17) is 14.6 Å². The van der Waals surface area contributed by atoms with Crippen LogP contribution in [0.2, 0.25) is 0 Å². The molecule has 0 bridgehead atoms. The predicted octanol–water partition coefficient (Wildman–Crippen LogP) is 4.69. The van der Waals surface area contributed by atoms with E-state index in [-0.39, 0.29) is 17.4 Å². The zero-order chi connectivity index (χ0) is 33.6. The fourth-order valence-electron chi connectivity index (χ4n) is 4.64. The van der Waals surface area contributed by atoms with Gasteiger partial charge in [-0.25, -0.2) is 14.5 Å². The van der Waals surface area contributed by atoms with Gasteiger partial charge in [-0.3, -0.25) is 19.6 Å². The Balaban J connectivity index is 0.000000892. The van der Waals surface area contributed by atoms with E-state index >= 15 is 0 Å². The molecule has 1 aliphatic heterocycles. The number of benzene rings is 1. The first-order valence-electron chi connectivity index (χ1n) is 14.7. The topological polar surface area (TPSA) is 163 Å². The van der Waals surface area contributed by atoms with E-state index in [0.717, 1.165) is 22.8 Å². The van der Waals surface area contributed by atoms with Crippen molar-refractivity contribution in [2.24, 2.45) is 0 Å². The quantitative estimate of drug-likeness (QED) is 0.261. The maximum absolute atomic E-state index is 13.1. The summed E-state index contributed by atoms with van der Waals surface area (Å²) in [5.74, 6) is 1.33. The van der Waals surface area contributed by atoms with Crippen LogP contribution in [0.3, 0.4) is 0 Å². The molecular weight excluding hydrogens is 608 g/mol. The molecule has 0 aliphatic carbocycles. The average molecular weight is 649 g/mol. The number of anilines is 3. The van der Waals surface area contributed by atoms with Gasteiger partial charge in [0, 0.05) is 43.9 Å². The molecule has 46 heavy (non-hydrogen) atoms. The van der Waals surface area contributed by atoms with Gasteiger partial charge in [-0.1, -0.05) is 44.5 Å². The van der Waals surface area contributed by atoms with Crippen molar-refractivity contribution in [3.8, 4) is 5.69 Å². The number of hydrogen-bond donors (Lipinski definition) is 3. The second kappa shape index (κ2) is 14.1. The van der Waals surface area contributed by atoms with Gasteiger partial charge in [0.1, 0.15) is 17.3 Å². The SMILES string of the molecule is CS(=O)(=O)O.Cc1ccc(-n2nc(C(C)(C)C)cc2NC(=O)Nc2ccc(N3CCN(C(=O)c4ccccn4)CC3)nc2C)cc1. The van der Waals surface area contributed by atoms with Crippen LogP contribution in [0.15, 0.2) is 66.9 Å². The Morgan fingerprint density at radius 2 is 1.57 bits per heavy atom. The fraction of sp³-hybridized carbons (Fsp3) is 0.344. The van der Waals surface area contributed by atoms with Crippen LogP contribution in [-0.2, 0) is 15.5 Å². The van der Waals surface area contributed by atoms with E-state index in [1.807, 2.05) is 67.3 Å². The molecule has 0 saturated carbocycles. The highest BCUT2D eigenvalue weighted by atomic mass is 32.2. The Morgan fingerprint density at radius 3 is 2.13 bits per heavy atom. The van der Waals surface area contributed by atoms with Crippen LogP contribution in [0.5, 0.6) is 0 Å². The molecule has 3 N–H and O–H groups in total. The molecule has 3 aromatic heterocycles. The van der Waals surface area contributed by atoms with Crippen molar-refractivity contribution < 1.29 is 22.6 Å².